The molecule has 0 aliphatic heterocycles. The molecule has 2 rings (SSSR count). The van der Waals surface area contributed by atoms with Crippen LogP contribution in [-0.4, -0.2) is 17.7 Å². The van der Waals surface area contributed by atoms with Crippen LogP contribution in [0.5, 0.6) is 0 Å². The minimum atomic E-state index is -0.717. The van der Waals surface area contributed by atoms with E-state index in [4.69, 9.17) is 32.4 Å². The highest BCUT2D eigenvalue weighted by Crippen LogP contribution is 2.09. The van der Waals surface area contributed by atoms with Crippen LogP contribution >= 0.6 is 11.6 Å². The Kier molecular flexibility index (Phi) is 6.26. The van der Waals surface area contributed by atoms with Crippen molar-refractivity contribution in [3.05, 3.63) is 70.2 Å². The van der Waals surface area contributed by atoms with Crippen LogP contribution < -0.4 is 5.32 Å². The van der Waals surface area contributed by atoms with E-state index in [1.807, 2.05) is 6.07 Å². The van der Waals surface area contributed by atoms with E-state index in [1.54, 1.807) is 48.5 Å². The lowest BCUT2D eigenvalue weighted by molar-refractivity contribution is -0.116. The molecule has 0 fully saturated rings. The number of nitrogens with one attached hydrogen (secondary N) is 3. The van der Waals surface area contributed by atoms with E-state index in [2.05, 4.69) is 5.32 Å². The molecule has 0 spiro atoms. The SMILES string of the molecule is N#Cc1cccc(CC(=N)OC(=N)C(=O)NCc2ccc(Cl)cc2)c1. The van der Waals surface area contributed by atoms with Gasteiger partial charge in [0.2, 0.25) is 0 Å². The number of carbonyl (C=O) groups is 1. The first kappa shape index (κ1) is 18.2. The van der Waals surface area contributed by atoms with Crippen LogP contribution in [0.15, 0.2) is 48.5 Å². The second-order valence-corrected chi connectivity index (χ2v) is 5.59. The van der Waals surface area contributed by atoms with Crippen molar-refractivity contribution in [2.45, 2.75) is 13.0 Å². The lowest BCUT2D eigenvalue weighted by atomic mass is 10.1. The maximum Gasteiger partial charge on any atom is 0.306 e. The molecule has 0 aliphatic rings. The first-order valence-corrected chi connectivity index (χ1v) is 7.71. The highest BCUT2D eigenvalue weighted by molar-refractivity contribution is 6.35. The molecule has 0 saturated carbocycles. The standard InChI is InChI=1S/C18H15ClN4O2/c19-15-6-4-12(5-7-15)11-23-18(24)17(22)25-16(21)9-13-2-1-3-14(8-13)10-20/h1-8,21-22H,9,11H2,(H,23,24). The summed E-state index contributed by atoms with van der Waals surface area (Å²) in [6, 6.07) is 15.7. The average molecular weight is 355 g/mol. The Labute approximate surface area is 150 Å². The van der Waals surface area contributed by atoms with E-state index in [9.17, 15) is 4.79 Å². The molecule has 7 heteroatoms. The van der Waals surface area contributed by atoms with Crippen molar-refractivity contribution in [3.8, 4) is 6.07 Å². The van der Waals surface area contributed by atoms with Crippen LogP contribution in [-0.2, 0) is 22.5 Å². The Morgan fingerprint density at radius 1 is 1.16 bits per heavy atom. The van der Waals surface area contributed by atoms with Gasteiger partial charge in [-0.3, -0.25) is 15.6 Å². The number of benzene rings is 2. The zero-order valence-corrected chi connectivity index (χ0v) is 13.9. The molecule has 2 aromatic carbocycles. The third kappa shape index (κ3) is 5.75. The molecular formula is C18H15ClN4O2. The summed E-state index contributed by atoms with van der Waals surface area (Å²) in [5, 5.41) is 27.4. The number of ether oxygens (including phenoxy) is 1. The molecule has 3 N–H and O–H groups in total. The summed E-state index contributed by atoms with van der Waals surface area (Å²) in [5.74, 6) is -1.62. The number of carbonyl (C=O) groups excluding carboxylic acids is 1. The van der Waals surface area contributed by atoms with Gasteiger partial charge in [-0.15, -0.1) is 0 Å². The summed E-state index contributed by atoms with van der Waals surface area (Å²) < 4.78 is 4.95. The third-order valence-corrected chi connectivity index (χ3v) is 3.47. The third-order valence-electron chi connectivity index (χ3n) is 3.22. The zero-order chi connectivity index (χ0) is 18.2. The van der Waals surface area contributed by atoms with E-state index >= 15 is 0 Å². The van der Waals surface area contributed by atoms with Crippen LogP contribution in [0.1, 0.15) is 16.7 Å². The number of halogens is 1. The Bertz CT molecular complexity index is 841. The van der Waals surface area contributed by atoms with Gasteiger partial charge in [-0.25, -0.2) is 0 Å². The van der Waals surface area contributed by atoms with Crippen molar-refractivity contribution in [1.82, 2.24) is 5.32 Å². The highest BCUT2D eigenvalue weighted by Gasteiger charge is 2.14. The maximum absolute atomic E-state index is 11.8. The van der Waals surface area contributed by atoms with Gasteiger partial charge >= 0.3 is 5.91 Å². The fraction of sp³-hybridized carbons (Fsp3) is 0.111. The van der Waals surface area contributed by atoms with Crippen molar-refractivity contribution in [2.75, 3.05) is 0 Å². The fourth-order valence-corrected chi connectivity index (χ4v) is 2.13. The molecular weight excluding hydrogens is 340 g/mol. The van der Waals surface area contributed by atoms with Crippen LogP contribution in [0, 0.1) is 22.1 Å². The van der Waals surface area contributed by atoms with Gasteiger partial charge in [0, 0.05) is 18.0 Å². The quantitative estimate of drug-likeness (QED) is 0.579. The van der Waals surface area contributed by atoms with Crippen molar-refractivity contribution >= 4 is 29.3 Å². The number of nitriles is 1. The van der Waals surface area contributed by atoms with E-state index < -0.39 is 11.8 Å². The Morgan fingerprint density at radius 3 is 2.56 bits per heavy atom. The Morgan fingerprint density at radius 2 is 1.88 bits per heavy atom. The van der Waals surface area contributed by atoms with Gasteiger partial charge in [-0.1, -0.05) is 35.9 Å². The molecule has 1 amide bonds. The summed E-state index contributed by atoms with van der Waals surface area (Å²) >= 11 is 5.78. The Balaban J connectivity index is 1.83. The number of amides is 1. The van der Waals surface area contributed by atoms with Crippen molar-refractivity contribution < 1.29 is 9.53 Å². The van der Waals surface area contributed by atoms with Gasteiger partial charge in [-0.2, -0.15) is 5.26 Å². The topological polar surface area (TPSA) is 110 Å². The van der Waals surface area contributed by atoms with Gasteiger partial charge in [0.15, 0.2) is 5.90 Å². The Hall–Kier alpha value is -3.17. The van der Waals surface area contributed by atoms with Crippen molar-refractivity contribution in [3.63, 3.8) is 0 Å². The second kappa shape index (κ2) is 8.62. The van der Waals surface area contributed by atoms with Gasteiger partial charge in [0.1, 0.15) is 0 Å². The number of nitrogens with zero attached hydrogens (tertiary/aromatic N) is 1. The summed E-state index contributed by atoms with van der Waals surface area (Å²) in [7, 11) is 0. The fourth-order valence-electron chi connectivity index (χ4n) is 2.01. The monoisotopic (exact) mass is 354 g/mol. The number of hydrogen-bond donors (Lipinski definition) is 3. The summed E-state index contributed by atoms with van der Waals surface area (Å²) in [4.78, 5) is 11.8. The van der Waals surface area contributed by atoms with E-state index in [1.165, 1.54) is 0 Å². The van der Waals surface area contributed by atoms with Crippen molar-refractivity contribution in [2.24, 2.45) is 0 Å². The molecule has 0 atom stereocenters. The molecule has 126 valence electrons. The minimum Gasteiger partial charge on any atom is -0.420 e. The highest BCUT2D eigenvalue weighted by atomic mass is 35.5. The van der Waals surface area contributed by atoms with Gasteiger partial charge in [0.05, 0.1) is 11.6 Å². The summed E-state index contributed by atoms with van der Waals surface area (Å²) in [6.07, 6.45) is 0.0857. The van der Waals surface area contributed by atoms with Gasteiger partial charge in [-0.05, 0) is 35.4 Å². The molecule has 2 aromatic rings. The predicted molar refractivity (Wildman–Crippen MR) is 94.7 cm³/mol. The van der Waals surface area contributed by atoms with Crippen LogP contribution in [0.4, 0.5) is 0 Å². The summed E-state index contributed by atoms with van der Waals surface area (Å²) in [5.41, 5.74) is 1.99. The van der Waals surface area contributed by atoms with Gasteiger partial charge in [0.25, 0.3) is 5.90 Å². The van der Waals surface area contributed by atoms with Gasteiger partial charge < -0.3 is 10.1 Å². The zero-order valence-electron chi connectivity index (χ0n) is 13.2. The lowest BCUT2D eigenvalue weighted by Crippen LogP contribution is -2.33. The predicted octanol–water partition coefficient (Wildman–Crippen LogP) is 3.04. The number of hydrogen-bond acceptors (Lipinski definition) is 5. The normalized spacial score (nSPS) is 9.76. The molecule has 0 unspecified atom stereocenters. The first-order valence-electron chi connectivity index (χ1n) is 7.33. The maximum atomic E-state index is 11.8. The van der Waals surface area contributed by atoms with Crippen LogP contribution in [0.3, 0.4) is 0 Å². The summed E-state index contributed by atoms with van der Waals surface area (Å²) in [6.45, 7) is 0.222. The van der Waals surface area contributed by atoms with Crippen molar-refractivity contribution in [1.29, 1.82) is 16.1 Å². The molecule has 0 saturated heterocycles. The average Bonchev–Trinajstić information content (AvgIpc) is 2.61. The second-order valence-electron chi connectivity index (χ2n) is 5.15. The molecule has 0 radical (unpaired) electrons. The van der Waals surface area contributed by atoms with E-state index in [0.717, 1.165) is 5.56 Å². The largest absolute Gasteiger partial charge is 0.420 e. The van der Waals surface area contributed by atoms with E-state index in [-0.39, 0.29) is 18.9 Å². The molecule has 6 nitrogen and oxygen atoms in total. The van der Waals surface area contributed by atoms with E-state index in [0.29, 0.717) is 16.1 Å². The molecule has 0 aromatic heterocycles. The number of rotatable bonds is 4. The van der Waals surface area contributed by atoms with Crippen LogP contribution in [0.2, 0.25) is 5.02 Å². The smallest absolute Gasteiger partial charge is 0.306 e. The molecule has 25 heavy (non-hydrogen) atoms. The molecule has 0 heterocycles. The molecule has 0 aliphatic carbocycles. The minimum absolute atomic E-state index is 0.0857. The lowest BCUT2D eigenvalue weighted by Gasteiger charge is -2.09. The van der Waals surface area contributed by atoms with Crippen LogP contribution in [0.25, 0.3) is 0 Å². The molecule has 0 bridgehead atoms. The first-order chi connectivity index (χ1) is 12.0.